The Morgan fingerprint density at radius 2 is 1.63 bits per heavy atom. The molecule has 0 fully saturated rings. The van der Waals surface area contributed by atoms with E-state index in [1.165, 1.54) is 0 Å². The van der Waals surface area contributed by atoms with Crippen LogP contribution >= 0.6 is 0 Å². The van der Waals surface area contributed by atoms with Gasteiger partial charge in [-0.1, -0.05) is 18.2 Å². The Kier molecular flexibility index (Phi) is 3.95. The van der Waals surface area contributed by atoms with Crippen LogP contribution in [0.15, 0.2) is 42.5 Å². The lowest BCUT2D eigenvalue weighted by Gasteiger charge is -2.25. The SMILES string of the molecule is CCN(CC)c1cccc(N)c1-c1ccc(O)cc1. The smallest absolute Gasteiger partial charge is 0.115 e. The molecule has 3 nitrogen and oxygen atoms in total. The maximum atomic E-state index is 9.40. The predicted molar refractivity (Wildman–Crippen MR) is 81.5 cm³/mol. The third kappa shape index (κ3) is 2.65. The molecule has 0 aromatic heterocycles. The average Bonchev–Trinajstić information content (AvgIpc) is 2.42. The lowest BCUT2D eigenvalue weighted by atomic mass is 10.0. The average molecular weight is 256 g/mol. The van der Waals surface area contributed by atoms with E-state index >= 15 is 0 Å². The fourth-order valence-corrected chi connectivity index (χ4v) is 2.33. The molecule has 0 bridgehead atoms. The summed E-state index contributed by atoms with van der Waals surface area (Å²) in [5.41, 5.74) is 10.1. The van der Waals surface area contributed by atoms with Crippen molar-refractivity contribution in [1.82, 2.24) is 0 Å². The molecular weight excluding hydrogens is 236 g/mol. The molecule has 0 amide bonds. The number of nitrogen functional groups attached to an aromatic ring is 1. The van der Waals surface area contributed by atoms with E-state index in [-0.39, 0.29) is 5.75 Å². The van der Waals surface area contributed by atoms with Gasteiger partial charge in [0.1, 0.15) is 5.75 Å². The van der Waals surface area contributed by atoms with Crippen LogP contribution in [0.2, 0.25) is 0 Å². The second-order valence-electron chi connectivity index (χ2n) is 4.46. The Balaban J connectivity index is 2.57. The minimum Gasteiger partial charge on any atom is -0.508 e. The van der Waals surface area contributed by atoms with Gasteiger partial charge >= 0.3 is 0 Å². The standard InChI is InChI=1S/C16H20N2O/c1-3-18(4-2)15-7-5-6-14(17)16(15)12-8-10-13(19)11-9-12/h5-11,19H,3-4,17H2,1-2H3. The fourth-order valence-electron chi connectivity index (χ4n) is 2.33. The van der Waals surface area contributed by atoms with Crippen LogP contribution in [0.1, 0.15) is 13.8 Å². The summed E-state index contributed by atoms with van der Waals surface area (Å²) in [6.07, 6.45) is 0. The number of nitrogens with two attached hydrogens (primary N) is 1. The maximum Gasteiger partial charge on any atom is 0.115 e. The van der Waals surface area contributed by atoms with Crippen LogP contribution in [0.5, 0.6) is 5.75 Å². The first-order valence-corrected chi connectivity index (χ1v) is 6.60. The van der Waals surface area contributed by atoms with Gasteiger partial charge in [0.15, 0.2) is 0 Å². The van der Waals surface area contributed by atoms with E-state index in [0.29, 0.717) is 0 Å². The zero-order valence-electron chi connectivity index (χ0n) is 11.4. The van der Waals surface area contributed by atoms with Crippen LogP contribution in [-0.2, 0) is 0 Å². The summed E-state index contributed by atoms with van der Waals surface area (Å²) in [6, 6.07) is 13.2. The minimum atomic E-state index is 0.266. The van der Waals surface area contributed by atoms with Gasteiger partial charge in [0.25, 0.3) is 0 Å². The highest BCUT2D eigenvalue weighted by atomic mass is 16.3. The first-order chi connectivity index (χ1) is 9.17. The van der Waals surface area contributed by atoms with Crippen LogP contribution in [0.25, 0.3) is 11.1 Å². The topological polar surface area (TPSA) is 49.5 Å². The number of hydrogen-bond acceptors (Lipinski definition) is 3. The zero-order valence-corrected chi connectivity index (χ0v) is 11.4. The summed E-state index contributed by atoms with van der Waals surface area (Å²) in [7, 11) is 0. The molecule has 19 heavy (non-hydrogen) atoms. The fraction of sp³-hybridized carbons (Fsp3) is 0.250. The molecular formula is C16H20N2O. The number of phenolic OH excluding ortho intramolecular Hbond substituents is 1. The van der Waals surface area contributed by atoms with E-state index in [1.54, 1.807) is 12.1 Å². The monoisotopic (exact) mass is 256 g/mol. The Morgan fingerprint density at radius 3 is 2.21 bits per heavy atom. The van der Waals surface area contributed by atoms with Crippen LogP contribution in [0.3, 0.4) is 0 Å². The van der Waals surface area contributed by atoms with E-state index in [4.69, 9.17) is 5.73 Å². The summed E-state index contributed by atoms with van der Waals surface area (Å²) in [4.78, 5) is 2.28. The molecule has 0 aliphatic heterocycles. The predicted octanol–water partition coefficient (Wildman–Crippen LogP) is 3.49. The number of aromatic hydroxyl groups is 1. The summed E-state index contributed by atoms with van der Waals surface area (Å²) in [5.74, 6) is 0.266. The maximum absolute atomic E-state index is 9.40. The van der Waals surface area contributed by atoms with E-state index in [1.807, 2.05) is 24.3 Å². The molecule has 0 radical (unpaired) electrons. The number of hydrogen-bond donors (Lipinski definition) is 2. The molecule has 0 unspecified atom stereocenters. The van der Waals surface area contributed by atoms with Crippen molar-refractivity contribution in [3.05, 3.63) is 42.5 Å². The normalized spacial score (nSPS) is 10.4. The number of benzene rings is 2. The van der Waals surface area contributed by atoms with Gasteiger partial charge in [0.2, 0.25) is 0 Å². The van der Waals surface area contributed by atoms with Crippen molar-refractivity contribution in [2.75, 3.05) is 23.7 Å². The molecule has 0 saturated carbocycles. The van der Waals surface area contributed by atoms with Gasteiger partial charge in [0.05, 0.1) is 0 Å². The van der Waals surface area contributed by atoms with Crippen LogP contribution in [0.4, 0.5) is 11.4 Å². The van der Waals surface area contributed by atoms with Crippen molar-refractivity contribution in [2.45, 2.75) is 13.8 Å². The summed E-state index contributed by atoms with van der Waals surface area (Å²) < 4.78 is 0. The molecule has 3 heteroatoms. The first-order valence-electron chi connectivity index (χ1n) is 6.60. The Morgan fingerprint density at radius 1 is 1.00 bits per heavy atom. The third-order valence-corrected chi connectivity index (χ3v) is 3.33. The van der Waals surface area contributed by atoms with Crippen LogP contribution in [-0.4, -0.2) is 18.2 Å². The molecule has 2 aromatic rings. The summed E-state index contributed by atoms with van der Waals surface area (Å²) >= 11 is 0. The van der Waals surface area contributed by atoms with Gasteiger partial charge in [-0.25, -0.2) is 0 Å². The van der Waals surface area contributed by atoms with E-state index < -0.39 is 0 Å². The van der Waals surface area contributed by atoms with Gasteiger partial charge in [0, 0.05) is 30.0 Å². The molecule has 2 aromatic carbocycles. The van der Waals surface area contributed by atoms with Crippen molar-refractivity contribution >= 4 is 11.4 Å². The van der Waals surface area contributed by atoms with E-state index in [9.17, 15) is 5.11 Å². The van der Waals surface area contributed by atoms with Gasteiger partial charge in [-0.15, -0.1) is 0 Å². The zero-order chi connectivity index (χ0) is 13.8. The highest BCUT2D eigenvalue weighted by molar-refractivity contribution is 5.88. The van der Waals surface area contributed by atoms with Gasteiger partial charge in [-0.3, -0.25) is 0 Å². The molecule has 3 N–H and O–H groups in total. The second-order valence-corrected chi connectivity index (χ2v) is 4.46. The molecule has 0 aliphatic carbocycles. The lowest BCUT2D eigenvalue weighted by molar-refractivity contribution is 0.475. The first kappa shape index (κ1) is 13.3. The Bertz CT molecular complexity index is 545. The molecule has 0 atom stereocenters. The molecule has 100 valence electrons. The lowest BCUT2D eigenvalue weighted by Crippen LogP contribution is -2.22. The number of rotatable bonds is 4. The van der Waals surface area contributed by atoms with Gasteiger partial charge in [-0.05, 0) is 43.7 Å². The summed E-state index contributed by atoms with van der Waals surface area (Å²) in [5, 5.41) is 9.40. The number of anilines is 2. The molecule has 2 rings (SSSR count). The Labute approximate surface area is 114 Å². The van der Waals surface area contributed by atoms with E-state index in [0.717, 1.165) is 35.6 Å². The highest BCUT2D eigenvalue weighted by Crippen LogP contribution is 2.36. The summed E-state index contributed by atoms with van der Waals surface area (Å²) in [6.45, 7) is 6.14. The van der Waals surface area contributed by atoms with Gasteiger partial charge in [-0.2, -0.15) is 0 Å². The van der Waals surface area contributed by atoms with Crippen molar-refractivity contribution in [1.29, 1.82) is 0 Å². The van der Waals surface area contributed by atoms with Crippen molar-refractivity contribution in [3.8, 4) is 16.9 Å². The molecule has 0 aliphatic rings. The third-order valence-electron chi connectivity index (χ3n) is 3.33. The Hall–Kier alpha value is -2.16. The largest absolute Gasteiger partial charge is 0.508 e. The number of phenols is 1. The highest BCUT2D eigenvalue weighted by Gasteiger charge is 2.12. The molecule has 0 saturated heterocycles. The number of nitrogens with zero attached hydrogens (tertiary/aromatic N) is 1. The van der Waals surface area contributed by atoms with Crippen LogP contribution in [0, 0.1) is 0 Å². The quantitative estimate of drug-likeness (QED) is 0.823. The van der Waals surface area contributed by atoms with Crippen molar-refractivity contribution < 1.29 is 5.11 Å². The van der Waals surface area contributed by atoms with Crippen molar-refractivity contribution in [2.24, 2.45) is 0 Å². The van der Waals surface area contributed by atoms with Gasteiger partial charge < -0.3 is 15.7 Å². The molecule has 0 spiro atoms. The minimum absolute atomic E-state index is 0.266. The van der Waals surface area contributed by atoms with E-state index in [2.05, 4.69) is 24.8 Å². The second kappa shape index (κ2) is 5.65. The van der Waals surface area contributed by atoms with Crippen molar-refractivity contribution in [3.63, 3.8) is 0 Å². The van der Waals surface area contributed by atoms with Crippen LogP contribution < -0.4 is 10.6 Å². The molecule has 0 heterocycles.